The molecule has 13 heteroatoms. The third-order valence-electron chi connectivity index (χ3n) is 8.82. The summed E-state index contributed by atoms with van der Waals surface area (Å²) < 4.78 is 11.1. The average Bonchev–Trinajstić information content (AvgIpc) is 3.62. The first-order chi connectivity index (χ1) is 23.2. The zero-order valence-corrected chi connectivity index (χ0v) is 28.9. The first-order valence-corrected chi connectivity index (χ1v) is 17.5. The van der Waals surface area contributed by atoms with Crippen molar-refractivity contribution in [2.75, 3.05) is 62.9 Å². The Hall–Kier alpha value is -4.39. The smallest absolute Gasteiger partial charge is 0.248 e. The molecule has 0 bridgehead atoms. The van der Waals surface area contributed by atoms with Crippen molar-refractivity contribution in [3.8, 4) is 11.5 Å². The van der Waals surface area contributed by atoms with Crippen LogP contribution in [0.4, 0.5) is 11.8 Å². The minimum atomic E-state index is -0.680. The molecule has 2 aliphatic rings. The summed E-state index contributed by atoms with van der Waals surface area (Å²) in [5.74, 6) is 1.21. The van der Waals surface area contributed by atoms with Gasteiger partial charge in [0.1, 0.15) is 11.9 Å². The zero-order chi connectivity index (χ0) is 34.2. The van der Waals surface area contributed by atoms with Gasteiger partial charge >= 0.3 is 0 Å². The first-order valence-electron chi connectivity index (χ1n) is 16.5. The molecule has 2 fully saturated rings. The van der Waals surface area contributed by atoms with Gasteiger partial charge in [-0.1, -0.05) is 62.4 Å². The lowest BCUT2D eigenvalue weighted by atomic mass is 10.1. The summed E-state index contributed by atoms with van der Waals surface area (Å²) in [6.45, 7) is 6.55. The van der Waals surface area contributed by atoms with Crippen LogP contribution >= 0.6 is 11.8 Å². The van der Waals surface area contributed by atoms with Crippen LogP contribution in [0, 0.1) is 5.92 Å². The zero-order valence-electron chi connectivity index (χ0n) is 28.1. The van der Waals surface area contributed by atoms with Gasteiger partial charge in [0.2, 0.25) is 28.8 Å². The second kappa shape index (κ2) is 16.1. The molecule has 2 aromatic carbocycles. The van der Waals surface area contributed by atoms with E-state index in [4.69, 9.17) is 19.4 Å². The summed E-state index contributed by atoms with van der Waals surface area (Å²) >= 11 is 1.11. The topological polar surface area (TPSA) is 134 Å². The van der Waals surface area contributed by atoms with Crippen LogP contribution in [0.3, 0.4) is 0 Å². The highest BCUT2D eigenvalue weighted by Gasteiger charge is 2.37. The number of nitrogens with one attached hydrogen (secondary N) is 1. The first kappa shape index (κ1) is 34.9. The lowest BCUT2D eigenvalue weighted by Crippen LogP contribution is -2.49. The van der Waals surface area contributed by atoms with Gasteiger partial charge in [0.05, 0.1) is 19.7 Å². The fourth-order valence-electron chi connectivity index (χ4n) is 6.04. The van der Waals surface area contributed by atoms with Crippen molar-refractivity contribution in [2.24, 2.45) is 5.92 Å². The molecule has 0 spiro atoms. The number of benzene rings is 2. The van der Waals surface area contributed by atoms with Crippen LogP contribution < -0.4 is 19.7 Å². The second-order valence-corrected chi connectivity index (χ2v) is 13.1. The maximum absolute atomic E-state index is 13.9. The van der Waals surface area contributed by atoms with Gasteiger partial charge in [0.15, 0.2) is 11.5 Å². The number of hydrogen-bond acceptors (Lipinski definition) is 10. The van der Waals surface area contributed by atoms with E-state index < -0.39 is 12.0 Å². The second-order valence-electron chi connectivity index (χ2n) is 12.1. The summed E-state index contributed by atoms with van der Waals surface area (Å²) in [6.07, 6.45) is 3.60. The summed E-state index contributed by atoms with van der Waals surface area (Å²) in [7, 11) is 3.08. The van der Waals surface area contributed by atoms with E-state index in [1.54, 1.807) is 43.2 Å². The van der Waals surface area contributed by atoms with Gasteiger partial charge < -0.3 is 29.5 Å². The molecule has 3 aromatic rings. The lowest BCUT2D eigenvalue weighted by molar-refractivity contribution is -0.139. The van der Waals surface area contributed by atoms with Gasteiger partial charge in [0, 0.05) is 67.8 Å². The molecule has 0 saturated carbocycles. The number of likely N-dealkylation sites (tertiary alicyclic amines) is 1. The normalized spacial score (nSPS) is 16.9. The Morgan fingerprint density at radius 2 is 1.69 bits per heavy atom. The van der Waals surface area contributed by atoms with Crippen LogP contribution in [0.1, 0.15) is 56.3 Å². The molecular weight excluding hydrogens is 632 g/mol. The highest BCUT2D eigenvalue weighted by molar-refractivity contribution is 8.14. The van der Waals surface area contributed by atoms with E-state index in [1.165, 1.54) is 7.11 Å². The van der Waals surface area contributed by atoms with E-state index in [0.717, 1.165) is 24.6 Å². The summed E-state index contributed by atoms with van der Waals surface area (Å²) in [4.78, 5) is 67.8. The molecule has 1 N–H and O–H groups in total. The highest BCUT2D eigenvalue weighted by Crippen LogP contribution is 2.36. The maximum atomic E-state index is 13.9. The van der Waals surface area contributed by atoms with E-state index in [9.17, 15) is 19.2 Å². The highest BCUT2D eigenvalue weighted by atomic mass is 32.2. The third-order valence-corrected chi connectivity index (χ3v) is 9.99. The molecule has 2 saturated heterocycles. The van der Waals surface area contributed by atoms with Crippen LogP contribution in [0.5, 0.6) is 11.5 Å². The Labute approximate surface area is 285 Å². The molecule has 0 aliphatic carbocycles. The van der Waals surface area contributed by atoms with E-state index in [0.29, 0.717) is 97.5 Å². The fourth-order valence-corrected chi connectivity index (χ4v) is 6.88. The molecule has 12 nitrogen and oxygen atoms in total. The van der Waals surface area contributed by atoms with Crippen LogP contribution in [0.2, 0.25) is 0 Å². The third kappa shape index (κ3) is 8.00. The molecule has 1 unspecified atom stereocenters. The van der Waals surface area contributed by atoms with E-state index in [2.05, 4.69) is 12.2 Å². The number of nitrogens with zero attached hydrogens (tertiary/aromatic N) is 5. The number of amides is 3. The maximum Gasteiger partial charge on any atom is 0.248 e. The van der Waals surface area contributed by atoms with Gasteiger partial charge in [-0.25, -0.2) is 4.98 Å². The van der Waals surface area contributed by atoms with Crippen LogP contribution in [-0.4, -0.2) is 101 Å². The van der Waals surface area contributed by atoms with Gasteiger partial charge in [-0.2, -0.15) is 4.98 Å². The molecule has 256 valence electrons. The number of carbonyl (C=O) groups excluding carboxylic acids is 4. The summed E-state index contributed by atoms with van der Waals surface area (Å²) in [6, 6.07) is 11.8. The van der Waals surface area contributed by atoms with Crippen LogP contribution in [0.15, 0.2) is 42.5 Å². The van der Waals surface area contributed by atoms with Gasteiger partial charge in [-0.05, 0) is 25.3 Å². The molecule has 48 heavy (non-hydrogen) atoms. The molecule has 5 rings (SSSR count). The number of rotatable bonds is 12. The van der Waals surface area contributed by atoms with Crippen molar-refractivity contribution in [3.63, 3.8) is 0 Å². The number of unbranched alkanes of at least 4 members (excludes halogenated alkanes) is 1. The SMILES string of the molecule is CCCCC(=O)N1CCN(c2nc(NC(=O)[C@@H]3CCCN3C(=O)C(C)CSC(=O)c3ccccc3)c3cc(OC)c(OC)cc3n2)CC1. The number of methoxy groups -OCH3 is 2. The number of thioether (sulfide) groups is 1. The lowest BCUT2D eigenvalue weighted by Gasteiger charge is -2.35. The number of carbonyl (C=O) groups is 4. The molecular formula is C35H44N6O6S. The molecule has 2 atom stereocenters. The van der Waals surface area contributed by atoms with Crippen molar-refractivity contribution in [3.05, 3.63) is 48.0 Å². The Balaban J connectivity index is 1.33. The van der Waals surface area contributed by atoms with Crippen LogP contribution in [0.25, 0.3) is 10.9 Å². The Kier molecular flexibility index (Phi) is 11.7. The van der Waals surface area contributed by atoms with Crippen molar-refractivity contribution in [1.82, 2.24) is 19.8 Å². The molecule has 1 aromatic heterocycles. The summed E-state index contributed by atoms with van der Waals surface area (Å²) in [5.41, 5.74) is 1.15. The van der Waals surface area contributed by atoms with Crippen molar-refractivity contribution >= 4 is 57.3 Å². The van der Waals surface area contributed by atoms with Crippen molar-refractivity contribution in [2.45, 2.75) is 52.0 Å². The Bertz CT molecular complexity index is 1630. The van der Waals surface area contributed by atoms with Crippen molar-refractivity contribution in [1.29, 1.82) is 0 Å². The molecule has 3 amide bonds. The van der Waals surface area contributed by atoms with Gasteiger partial charge in [-0.3, -0.25) is 19.2 Å². The number of aromatic nitrogens is 2. The van der Waals surface area contributed by atoms with Gasteiger partial charge in [0.25, 0.3) is 0 Å². The van der Waals surface area contributed by atoms with Crippen molar-refractivity contribution < 1.29 is 28.7 Å². The van der Waals surface area contributed by atoms with E-state index in [1.807, 2.05) is 28.0 Å². The Morgan fingerprint density at radius 1 is 0.979 bits per heavy atom. The minimum absolute atomic E-state index is 0.0889. The predicted octanol–water partition coefficient (Wildman–Crippen LogP) is 4.63. The van der Waals surface area contributed by atoms with E-state index in [-0.39, 0.29) is 22.8 Å². The average molecular weight is 677 g/mol. The number of hydrogen-bond donors (Lipinski definition) is 1. The number of piperazine rings is 1. The largest absolute Gasteiger partial charge is 0.493 e. The number of fused-ring (bicyclic) bond motifs is 1. The standard InChI is InChI=1S/C35H44N6O6S/c1-5-6-14-30(42)39-16-18-40(19-17-39)35-36-26-21-29(47-4)28(46-3)20-25(26)31(38-35)37-32(43)27-13-10-15-41(27)33(44)23(2)22-48-34(45)24-11-8-7-9-12-24/h7-9,11-12,20-21,23,27H,5-6,10,13-19,22H2,1-4H3,(H,36,37,38,43)/t23?,27-/m0/s1. The Morgan fingerprint density at radius 3 is 2.38 bits per heavy atom. The molecule has 0 radical (unpaired) electrons. The quantitative estimate of drug-likeness (QED) is 0.290. The number of anilines is 2. The minimum Gasteiger partial charge on any atom is -0.493 e. The van der Waals surface area contributed by atoms with Gasteiger partial charge in [-0.15, -0.1) is 0 Å². The summed E-state index contributed by atoms with van der Waals surface area (Å²) in [5, 5.41) is 3.49. The molecule has 3 heterocycles. The van der Waals surface area contributed by atoms with Crippen LogP contribution in [-0.2, 0) is 14.4 Å². The monoisotopic (exact) mass is 676 g/mol. The predicted molar refractivity (Wildman–Crippen MR) is 187 cm³/mol. The molecule has 2 aliphatic heterocycles. The number of ether oxygens (including phenoxy) is 2. The van der Waals surface area contributed by atoms with E-state index >= 15 is 0 Å². The fraction of sp³-hybridized carbons (Fsp3) is 0.486.